The number of rotatable bonds is 3. The SMILES string of the molecule is O=C1CCOC[C@]2(CN(Cc3cccc(F)c3F)C[C@H]2c2cccc(F)c2)N1. The Hall–Kier alpha value is -2.38. The van der Waals surface area contributed by atoms with Crippen LogP contribution in [0.25, 0.3) is 0 Å². The molecule has 2 atom stereocenters. The minimum Gasteiger partial charge on any atom is -0.378 e. The molecule has 148 valence electrons. The summed E-state index contributed by atoms with van der Waals surface area (Å²) in [7, 11) is 0. The Bertz CT molecular complexity index is 892. The number of carbonyl (C=O) groups excluding carboxylic acids is 1. The number of halogens is 3. The Morgan fingerprint density at radius 1 is 1.18 bits per heavy atom. The minimum absolute atomic E-state index is 0.127. The smallest absolute Gasteiger partial charge is 0.222 e. The highest BCUT2D eigenvalue weighted by molar-refractivity contribution is 5.77. The number of nitrogens with zero attached hydrogens (tertiary/aromatic N) is 1. The summed E-state index contributed by atoms with van der Waals surface area (Å²) in [5, 5.41) is 3.07. The minimum atomic E-state index is -0.890. The number of hydrogen-bond acceptors (Lipinski definition) is 3. The third kappa shape index (κ3) is 3.64. The number of nitrogens with one attached hydrogen (secondary N) is 1. The first-order valence-electron chi connectivity index (χ1n) is 9.26. The summed E-state index contributed by atoms with van der Waals surface area (Å²) in [5.41, 5.74) is 0.245. The van der Waals surface area contributed by atoms with Crippen molar-refractivity contribution in [2.24, 2.45) is 0 Å². The zero-order chi connectivity index (χ0) is 19.7. The maximum Gasteiger partial charge on any atom is 0.222 e. The van der Waals surface area contributed by atoms with Crippen molar-refractivity contribution in [2.45, 2.75) is 24.4 Å². The van der Waals surface area contributed by atoms with Gasteiger partial charge in [0.05, 0.1) is 18.8 Å². The maximum atomic E-state index is 14.1. The van der Waals surface area contributed by atoms with Gasteiger partial charge in [0.25, 0.3) is 0 Å². The molecule has 0 aromatic heterocycles. The van der Waals surface area contributed by atoms with Gasteiger partial charge in [0.15, 0.2) is 11.6 Å². The zero-order valence-corrected chi connectivity index (χ0v) is 15.3. The predicted molar refractivity (Wildman–Crippen MR) is 97.1 cm³/mol. The second-order valence-corrected chi connectivity index (χ2v) is 7.50. The van der Waals surface area contributed by atoms with E-state index in [0.717, 1.165) is 11.6 Å². The molecular formula is C21H21F3N2O2. The van der Waals surface area contributed by atoms with Gasteiger partial charge in [-0.1, -0.05) is 24.3 Å². The third-order valence-electron chi connectivity index (χ3n) is 5.51. The van der Waals surface area contributed by atoms with Crippen LogP contribution in [-0.4, -0.2) is 42.6 Å². The molecule has 2 fully saturated rings. The lowest BCUT2D eigenvalue weighted by molar-refractivity contribution is -0.122. The van der Waals surface area contributed by atoms with Crippen molar-refractivity contribution in [3.05, 3.63) is 71.0 Å². The van der Waals surface area contributed by atoms with Crippen LogP contribution in [0.3, 0.4) is 0 Å². The van der Waals surface area contributed by atoms with Crippen LogP contribution in [0.4, 0.5) is 13.2 Å². The Labute approximate surface area is 161 Å². The summed E-state index contributed by atoms with van der Waals surface area (Å²) >= 11 is 0. The van der Waals surface area contributed by atoms with Gasteiger partial charge in [-0.05, 0) is 23.8 Å². The first-order chi connectivity index (χ1) is 13.5. The van der Waals surface area contributed by atoms with Crippen molar-refractivity contribution in [3.8, 4) is 0 Å². The molecule has 0 bridgehead atoms. The standard InChI is InChI=1S/C21H21F3N2O2/c22-16-5-1-3-14(9-16)17-11-26(10-15-4-2-6-18(23)20(15)24)12-21(17)13-28-8-7-19(27)25-21/h1-6,9,17H,7-8,10-13H2,(H,25,27)/t17-,21-/m0/s1. The van der Waals surface area contributed by atoms with E-state index < -0.39 is 17.2 Å². The quantitative estimate of drug-likeness (QED) is 0.876. The molecule has 4 nitrogen and oxygen atoms in total. The van der Waals surface area contributed by atoms with Crippen LogP contribution >= 0.6 is 0 Å². The van der Waals surface area contributed by atoms with Gasteiger partial charge in [-0.15, -0.1) is 0 Å². The Morgan fingerprint density at radius 3 is 2.82 bits per heavy atom. The molecule has 0 saturated carbocycles. The average Bonchev–Trinajstić information content (AvgIpc) is 2.88. The van der Waals surface area contributed by atoms with E-state index in [1.165, 1.54) is 18.2 Å². The summed E-state index contributed by atoms with van der Waals surface area (Å²) in [5.74, 6) is -2.48. The molecule has 2 heterocycles. The molecule has 0 aliphatic carbocycles. The average molecular weight is 390 g/mol. The van der Waals surface area contributed by atoms with E-state index in [-0.39, 0.29) is 42.8 Å². The van der Waals surface area contributed by atoms with Crippen LogP contribution in [0, 0.1) is 17.5 Å². The van der Waals surface area contributed by atoms with E-state index in [1.807, 2.05) is 11.0 Å². The molecular weight excluding hydrogens is 369 g/mol. The van der Waals surface area contributed by atoms with Crippen LogP contribution in [0.15, 0.2) is 42.5 Å². The summed E-state index contributed by atoms with van der Waals surface area (Å²) in [4.78, 5) is 14.2. The highest BCUT2D eigenvalue weighted by Crippen LogP contribution is 2.38. The molecule has 1 N–H and O–H groups in total. The van der Waals surface area contributed by atoms with Crippen molar-refractivity contribution < 1.29 is 22.7 Å². The number of benzene rings is 2. The first-order valence-corrected chi connectivity index (χ1v) is 9.26. The topological polar surface area (TPSA) is 41.6 Å². The summed E-state index contributed by atoms with van der Waals surface area (Å²) in [6, 6.07) is 10.4. The lowest BCUT2D eigenvalue weighted by Gasteiger charge is -2.34. The van der Waals surface area contributed by atoms with Gasteiger partial charge in [-0.25, -0.2) is 13.2 Å². The molecule has 2 saturated heterocycles. The molecule has 2 aromatic carbocycles. The fourth-order valence-corrected chi connectivity index (χ4v) is 4.25. The van der Waals surface area contributed by atoms with Gasteiger partial charge in [0.2, 0.25) is 5.91 Å². The zero-order valence-electron chi connectivity index (χ0n) is 15.3. The monoisotopic (exact) mass is 390 g/mol. The van der Waals surface area contributed by atoms with E-state index in [4.69, 9.17) is 4.74 Å². The predicted octanol–water partition coefficient (Wildman–Crippen LogP) is 2.98. The Balaban J connectivity index is 1.66. The van der Waals surface area contributed by atoms with Crippen LogP contribution in [0.2, 0.25) is 0 Å². The van der Waals surface area contributed by atoms with E-state index in [1.54, 1.807) is 12.1 Å². The van der Waals surface area contributed by atoms with Crippen LogP contribution < -0.4 is 5.32 Å². The third-order valence-corrected chi connectivity index (χ3v) is 5.51. The summed E-state index contributed by atoms with van der Waals surface area (Å²) < 4.78 is 47.3. The largest absolute Gasteiger partial charge is 0.378 e. The van der Waals surface area contributed by atoms with Crippen molar-refractivity contribution in [3.63, 3.8) is 0 Å². The highest BCUT2D eigenvalue weighted by Gasteiger charge is 2.49. The highest BCUT2D eigenvalue weighted by atomic mass is 19.2. The molecule has 28 heavy (non-hydrogen) atoms. The number of amides is 1. The lowest BCUT2D eigenvalue weighted by Crippen LogP contribution is -2.55. The lowest BCUT2D eigenvalue weighted by atomic mass is 9.82. The Kier molecular flexibility index (Phi) is 5.12. The second-order valence-electron chi connectivity index (χ2n) is 7.50. The van der Waals surface area contributed by atoms with Gasteiger partial charge in [0.1, 0.15) is 5.82 Å². The molecule has 0 unspecified atom stereocenters. The molecule has 2 aromatic rings. The summed E-state index contributed by atoms with van der Waals surface area (Å²) in [6.45, 7) is 1.65. The first kappa shape index (κ1) is 19.0. The molecule has 2 aliphatic heterocycles. The molecule has 0 radical (unpaired) electrons. The van der Waals surface area contributed by atoms with E-state index >= 15 is 0 Å². The molecule has 1 amide bonds. The Morgan fingerprint density at radius 2 is 2.00 bits per heavy atom. The van der Waals surface area contributed by atoms with Crippen molar-refractivity contribution in [1.29, 1.82) is 0 Å². The van der Waals surface area contributed by atoms with Crippen LogP contribution in [-0.2, 0) is 16.1 Å². The van der Waals surface area contributed by atoms with Gasteiger partial charge >= 0.3 is 0 Å². The van der Waals surface area contributed by atoms with Crippen molar-refractivity contribution in [1.82, 2.24) is 10.2 Å². The molecule has 1 spiro atoms. The van der Waals surface area contributed by atoms with Gasteiger partial charge in [0, 0.05) is 37.5 Å². The van der Waals surface area contributed by atoms with Crippen LogP contribution in [0.1, 0.15) is 23.5 Å². The molecule has 2 aliphatic rings. The number of carbonyl (C=O) groups is 1. The fourth-order valence-electron chi connectivity index (χ4n) is 4.25. The van der Waals surface area contributed by atoms with E-state index in [0.29, 0.717) is 19.7 Å². The maximum absolute atomic E-state index is 14.1. The van der Waals surface area contributed by atoms with E-state index in [2.05, 4.69) is 5.32 Å². The fraction of sp³-hybridized carbons (Fsp3) is 0.381. The van der Waals surface area contributed by atoms with Gasteiger partial charge in [-0.3, -0.25) is 9.69 Å². The number of ether oxygens (including phenoxy) is 1. The van der Waals surface area contributed by atoms with Gasteiger partial charge in [-0.2, -0.15) is 0 Å². The second kappa shape index (κ2) is 7.56. The normalized spacial score (nSPS) is 25.7. The number of likely N-dealkylation sites (tertiary alicyclic amines) is 1. The molecule has 4 rings (SSSR count). The van der Waals surface area contributed by atoms with Crippen LogP contribution in [0.5, 0.6) is 0 Å². The van der Waals surface area contributed by atoms with Crippen molar-refractivity contribution in [2.75, 3.05) is 26.3 Å². The summed E-state index contributed by atoms with van der Waals surface area (Å²) in [6.07, 6.45) is 0.260. The number of hydrogen-bond donors (Lipinski definition) is 1. The van der Waals surface area contributed by atoms with E-state index in [9.17, 15) is 18.0 Å². The molecule has 7 heteroatoms. The van der Waals surface area contributed by atoms with Gasteiger partial charge < -0.3 is 10.1 Å². The van der Waals surface area contributed by atoms with Crippen molar-refractivity contribution >= 4 is 5.91 Å².